The van der Waals surface area contributed by atoms with E-state index in [0.717, 1.165) is 44.5 Å². The van der Waals surface area contributed by atoms with Gasteiger partial charge in [0, 0.05) is 26.2 Å². The minimum atomic E-state index is 0.0840. The van der Waals surface area contributed by atoms with Crippen LogP contribution in [0.1, 0.15) is 45.2 Å². The van der Waals surface area contributed by atoms with Crippen LogP contribution in [0.15, 0.2) is 6.20 Å². The molecular formula is C13H24N4O. The molecular weight excluding hydrogens is 228 g/mol. The normalized spacial score (nSPS) is 23.2. The van der Waals surface area contributed by atoms with Crippen molar-refractivity contribution in [1.29, 1.82) is 0 Å². The van der Waals surface area contributed by atoms with E-state index in [1.165, 1.54) is 0 Å². The lowest BCUT2D eigenvalue weighted by atomic mass is 9.86. The first kappa shape index (κ1) is 13.5. The van der Waals surface area contributed by atoms with Crippen molar-refractivity contribution in [3.05, 3.63) is 11.9 Å². The molecule has 0 saturated carbocycles. The summed E-state index contributed by atoms with van der Waals surface area (Å²) >= 11 is 0. The summed E-state index contributed by atoms with van der Waals surface area (Å²) < 4.78 is 7.80. The zero-order chi connectivity index (χ0) is 13.0. The molecule has 2 rings (SSSR count). The lowest BCUT2D eigenvalue weighted by molar-refractivity contribution is -0.0932. The summed E-state index contributed by atoms with van der Waals surface area (Å²) in [7, 11) is 1.93. The Bertz CT molecular complexity index is 373. The van der Waals surface area contributed by atoms with Crippen molar-refractivity contribution in [2.75, 3.05) is 6.61 Å². The van der Waals surface area contributed by atoms with E-state index in [2.05, 4.69) is 29.5 Å². The van der Waals surface area contributed by atoms with Crippen LogP contribution in [0.2, 0.25) is 0 Å². The van der Waals surface area contributed by atoms with Crippen LogP contribution in [-0.4, -0.2) is 33.2 Å². The zero-order valence-corrected chi connectivity index (χ0v) is 11.6. The predicted octanol–water partition coefficient (Wildman–Crippen LogP) is 1.64. The average molecular weight is 252 g/mol. The van der Waals surface area contributed by atoms with Crippen molar-refractivity contribution < 1.29 is 4.74 Å². The highest BCUT2D eigenvalue weighted by Crippen LogP contribution is 2.31. The number of rotatable bonds is 5. The van der Waals surface area contributed by atoms with Crippen molar-refractivity contribution in [2.24, 2.45) is 7.05 Å². The number of hydrogen-bond donors (Lipinski definition) is 1. The van der Waals surface area contributed by atoms with E-state index >= 15 is 0 Å². The van der Waals surface area contributed by atoms with Gasteiger partial charge in [-0.2, -0.15) is 0 Å². The maximum Gasteiger partial charge on any atom is 0.0738 e. The first-order valence-corrected chi connectivity index (χ1v) is 6.90. The fourth-order valence-electron chi connectivity index (χ4n) is 2.66. The van der Waals surface area contributed by atoms with Gasteiger partial charge in [-0.1, -0.05) is 19.1 Å². The summed E-state index contributed by atoms with van der Waals surface area (Å²) in [5.41, 5.74) is 1.21. The van der Waals surface area contributed by atoms with Gasteiger partial charge in [0.15, 0.2) is 0 Å². The first-order valence-electron chi connectivity index (χ1n) is 6.90. The molecule has 1 unspecified atom stereocenters. The monoisotopic (exact) mass is 252 g/mol. The molecule has 102 valence electrons. The smallest absolute Gasteiger partial charge is 0.0738 e. The molecule has 1 atom stereocenters. The Labute approximate surface area is 109 Å². The highest BCUT2D eigenvalue weighted by atomic mass is 16.5. The van der Waals surface area contributed by atoms with Crippen LogP contribution in [0, 0.1) is 0 Å². The fourth-order valence-corrected chi connectivity index (χ4v) is 2.66. The molecule has 0 aliphatic carbocycles. The van der Waals surface area contributed by atoms with Gasteiger partial charge >= 0.3 is 0 Å². The summed E-state index contributed by atoms with van der Waals surface area (Å²) in [6.45, 7) is 6.13. The van der Waals surface area contributed by atoms with Crippen molar-refractivity contribution in [3.8, 4) is 0 Å². The van der Waals surface area contributed by atoms with E-state index in [1.807, 2.05) is 17.9 Å². The third-order valence-corrected chi connectivity index (χ3v) is 4.16. The number of nitrogens with one attached hydrogen (secondary N) is 1. The quantitative estimate of drug-likeness (QED) is 0.865. The number of aromatic nitrogens is 3. The molecule has 1 aromatic rings. The van der Waals surface area contributed by atoms with Gasteiger partial charge in [0.1, 0.15) is 0 Å². The minimum Gasteiger partial charge on any atom is -0.375 e. The molecule has 5 nitrogen and oxygen atoms in total. The van der Waals surface area contributed by atoms with Gasteiger partial charge < -0.3 is 10.1 Å². The van der Waals surface area contributed by atoms with Gasteiger partial charge in [-0.15, -0.1) is 5.10 Å². The molecule has 0 aromatic carbocycles. The molecule has 1 fully saturated rings. The van der Waals surface area contributed by atoms with Crippen LogP contribution in [-0.2, 0) is 18.3 Å². The van der Waals surface area contributed by atoms with E-state index in [1.54, 1.807) is 0 Å². The SMILES string of the molecule is CCC1(CC)CC(NCc2cnnn2C)CCO1. The lowest BCUT2D eigenvalue weighted by Crippen LogP contribution is -2.46. The molecule has 1 N–H and O–H groups in total. The van der Waals surface area contributed by atoms with Crippen LogP contribution in [0.4, 0.5) is 0 Å². The summed E-state index contributed by atoms with van der Waals surface area (Å²) in [4.78, 5) is 0. The van der Waals surface area contributed by atoms with Crippen LogP contribution in [0.25, 0.3) is 0 Å². The largest absolute Gasteiger partial charge is 0.375 e. The molecule has 1 aromatic heterocycles. The van der Waals surface area contributed by atoms with Crippen molar-refractivity contribution >= 4 is 0 Å². The Morgan fingerprint density at radius 1 is 1.50 bits per heavy atom. The van der Waals surface area contributed by atoms with Crippen molar-refractivity contribution in [2.45, 2.75) is 57.7 Å². The second-order valence-electron chi connectivity index (χ2n) is 5.16. The topological polar surface area (TPSA) is 52.0 Å². The maximum absolute atomic E-state index is 5.99. The lowest BCUT2D eigenvalue weighted by Gasteiger charge is -2.40. The van der Waals surface area contributed by atoms with Gasteiger partial charge in [0.05, 0.1) is 17.5 Å². The van der Waals surface area contributed by atoms with Gasteiger partial charge in [-0.3, -0.25) is 4.68 Å². The number of nitrogens with zero attached hydrogens (tertiary/aromatic N) is 3. The number of aryl methyl sites for hydroxylation is 1. The van der Waals surface area contributed by atoms with Crippen molar-refractivity contribution in [1.82, 2.24) is 20.3 Å². The molecule has 1 aliphatic heterocycles. The van der Waals surface area contributed by atoms with Crippen molar-refractivity contribution in [3.63, 3.8) is 0 Å². The summed E-state index contributed by atoms with van der Waals surface area (Å²) in [6, 6.07) is 0.536. The Morgan fingerprint density at radius 2 is 2.28 bits per heavy atom. The first-order chi connectivity index (χ1) is 8.69. The Hall–Kier alpha value is -0.940. The third-order valence-electron chi connectivity index (χ3n) is 4.16. The maximum atomic E-state index is 5.99. The second-order valence-corrected chi connectivity index (χ2v) is 5.16. The average Bonchev–Trinajstić information content (AvgIpc) is 2.82. The van der Waals surface area contributed by atoms with Gasteiger partial charge in [-0.25, -0.2) is 0 Å². The number of hydrogen-bond acceptors (Lipinski definition) is 4. The molecule has 2 heterocycles. The Morgan fingerprint density at radius 3 is 2.89 bits per heavy atom. The van der Waals surface area contributed by atoms with E-state index in [0.29, 0.717) is 6.04 Å². The van der Waals surface area contributed by atoms with E-state index < -0.39 is 0 Å². The van der Waals surface area contributed by atoms with Crippen LogP contribution in [0.3, 0.4) is 0 Å². The summed E-state index contributed by atoms with van der Waals surface area (Å²) in [5.74, 6) is 0. The standard InChI is InChI=1S/C13H24N4O/c1-4-13(5-2)8-11(6-7-18-13)14-9-12-10-15-16-17(12)3/h10-11,14H,4-9H2,1-3H3. The highest BCUT2D eigenvalue weighted by Gasteiger charge is 2.34. The van der Waals surface area contributed by atoms with Crippen LogP contribution in [0.5, 0.6) is 0 Å². The molecule has 18 heavy (non-hydrogen) atoms. The van der Waals surface area contributed by atoms with Crippen LogP contribution < -0.4 is 5.32 Å². The van der Waals surface area contributed by atoms with E-state index in [-0.39, 0.29) is 5.60 Å². The fraction of sp³-hybridized carbons (Fsp3) is 0.846. The third kappa shape index (κ3) is 2.90. The summed E-state index contributed by atoms with van der Waals surface area (Å²) in [5, 5.41) is 11.4. The Balaban J connectivity index is 1.88. The van der Waals surface area contributed by atoms with E-state index in [4.69, 9.17) is 4.74 Å². The van der Waals surface area contributed by atoms with Gasteiger partial charge in [0.25, 0.3) is 0 Å². The predicted molar refractivity (Wildman–Crippen MR) is 70.1 cm³/mol. The molecule has 1 aliphatic rings. The summed E-state index contributed by atoms with van der Waals surface area (Å²) in [6.07, 6.45) is 6.20. The molecule has 0 spiro atoms. The molecule has 0 radical (unpaired) electrons. The van der Waals surface area contributed by atoms with Crippen LogP contribution >= 0.6 is 0 Å². The molecule has 0 amide bonds. The minimum absolute atomic E-state index is 0.0840. The number of ether oxygens (including phenoxy) is 1. The zero-order valence-electron chi connectivity index (χ0n) is 11.6. The van der Waals surface area contributed by atoms with E-state index in [9.17, 15) is 0 Å². The molecule has 0 bridgehead atoms. The molecule has 1 saturated heterocycles. The molecule has 5 heteroatoms. The highest BCUT2D eigenvalue weighted by molar-refractivity contribution is 4.95. The van der Waals surface area contributed by atoms with Gasteiger partial charge in [-0.05, 0) is 25.7 Å². The van der Waals surface area contributed by atoms with Gasteiger partial charge in [0.2, 0.25) is 0 Å². The Kier molecular flexibility index (Phi) is 4.35. The second kappa shape index (κ2) is 5.80.